The van der Waals surface area contributed by atoms with Crippen molar-refractivity contribution in [3.05, 3.63) is 125 Å². The lowest BCUT2D eigenvalue weighted by atomic mass is 10.1. The van der Waals surface area contributed by atoms with Crippen molar-refractivity contribution in [3.63, 3.8) is 0 Å². The highest BCUT2D eigenvalue weighted by Gasteiger charge is 2.41. The van der Waals surface area contributed by atoms with E-state index < -0.39 is 18.3 Å². The van der Waals surface area contributed by atoms with E-state index in [1.54, 1.807) is 60.7 Å². The number of para-hydroxylation sites is 2. The molecular formula is C29H28Cl2N3O5P. The second-order valence-electron chi connectivity index (χ2n) is 8.66. The van der Waals surface area contributed by atoms with Crippen molar-refractivity contribution < 1.29 is 18.5 Å². The molecule has 0 aromatic heterocycles. The van der Waals surface area contributed by atoms with Crippen molar-refractivity contribution in [3.8, 4) is 11.5 Å². The van der Waals surface area contributed by atoms with E-state index >= 15 is 0 Å². The fourth-order valence-electron chi connectivity index (χ4n) is 4.03. The maximum Gasteiger partial charge on any atom is 0.457 e. The molecule has 0 saturated carbocycles. The zero-order valence-electron chi connectivity index (χ0n) is 21.4. The molecule has 0 radical (unpaired) electrons. The summed E-state index contributed by atoms with van der Waals surface area (Å²) in [5.41, 5.74) is 1.74. The Hall–Kier alpha value is -3.71. The molecule has 0 aliphatic heterocycles. The number of nitro groups is 1. The van der Waals surface area contributed by atoms with Gasteiger partial charge in [-0.25, -0.2) is 4.57 Å². The average Bonchev–Trinajstić information content (AvgIpc) is 2.97. The monoisotopic (exact) mass is 599 g/mol. The van der Waals surface area contributed by atoms with Crippen LogP contribution in [0.2, 0.25) is 0 Å². The van der Waals surface area contributed by atoms with Gasteiger partial charge in [-0.15, -0.1) is 23.2 Å². The highest BCUT2D eigenvalue weighted by Crippen LogP contribution is 2.60. The number of hydrogen-bond acceptors (Lipinski definition) is 7. The van der Waals surface area contributed by atoms with Crippen molar-refractivity contribution in [2.45, 2.75) is 5.78 Å². The summed E-state index contributed by atoms with van der Waals surface area (Å²) >= 11 is 12.0. The number of nitrogens with one attached hydrogen (secondary N) is 1. The predicted octanol–water partition coefficient (Wildman–Crippen LogP) is 8.34. The van der Waals surface area contributed by atoms with Gasteiger partial charge in [-0.3, -0.25) is 10.1 Å². The van der Waals surface area contributed by atoms with Crippen LogP contribution in [0, 0.1) is 10.1 Å². The summed E-state index contributed by atoms with van der Waals surface area (Å²) in [6.45, 7) is 1.21. The summed E-state index contributed by atoms with van der Waals surface area (Å²) in [5, 5.41) is 14.6. The number of nitrogens with zero attached hydrogens (tertiary/aromatic N) is 2. The maximum atomic E-state index is 14.8. The molecule has 0 bridgehead atoms. The summed E-state index contributed by atoms with van der Waals surface area (Å²) < 4.78 is 27.1. The minimum Gasteiger partial charge on any atom is -0.414 e. The fourth-order valence-corrected chi connectivity index (χ4v) is 6.37. The van der Waals surface area contributed by atoms with Crippen molar-refractivity contribution >= 4 is 47.9 Å². The minimum atomic E-state index is -4.10. The molecule has 0 aliphatic rings. The van der Waals surface area contributed by atoms with Gasteiger partial charge in [0.2, 0.25) is 0 Å². The number of benzene rings is 4. The van der Waals surface area contributed by atoms with Crippen LogP contribution in [-0.4, -0.2) is 29.8 Å². The zero-order valence-corrected chi connectivity index (χ0v) is 23.8. The van der Waals surface area contributed by atoms with Crippen LogP contribution in [0.15, 0.2) is 109 Å². The molecule has 0 spiro atoms. The van der Waals surface area contributed by atoms with E-state index in [2.05, 4.69) is 5.32 Å². The van der Waals surface area contributed by atoms with Crippen LogP contribution in [0.25, 0.3) is 0 Å². The van der Waals surface area contributed by atoms with Gasteiger partial charge in [0.15, 0.2) is 5.78 Å². The fraction of sp³-hybridized carbons (Fsp3) is 0.172. The quantitative estimate of drug-likeness (QED) is 0.0673. The molecule has 0 fully saturated rings. The molecule has 1 N–H and O–H groups in total. The van der Waals surface area contributed by atoms with Crippen LogP contribution in [0.1, 0.15) is 11.3 Å². The van der Waals surface area contributed by atoms with E-state index in [-0.39, 0.29) is 5.69 Å². The first kappa shape index (κ1) is 29.3. The molecule has 1 atom stereocenters. The first-order chi connectivity index (χ1) is 19.4. The SMILES string of the molecule is O=[N+]([O-])c1cccc(NC(c2ccc(N(CCCl)CCCl)cc2)P(=O)(Oc2ccccc2)Oc2ccccc2)c1. The lowest BCUT2D eigenvalue weighted by Crippen LogP contribution is -2.27. The van der Waals surface area contributed by atoms with E-state index in [1.807, 2.05) is 41.3 Å². The Balaban J connectivity index is 1.80. The molecule has 4 rings (SSSR count). The predicted molar refractivity (Wildman–Crippen MR) is 161 cm³/mol. The minimum absolute atomic E-state index is 0.111. The van der Waals surface area contributed by atoms with E-state index in [4.69, 9.17) is 32.2 Å². The van der Waals surface area contributed by atoms with Gasteiger partial charge in [0.25, 0.3) is 5.69 Å². The number of alkyl halides is 2. The molecular weight excluding hydrogens is 572 g/mol. The number of hydrogen-bond donors (Lipinski definition) is 1. The second kappa shape index (κ2) is 14.1. The highest BCUT2D eigenvalue weighted by molar-refractivity contribution is 7.55. The summed E-state index contributed by atoms with van der Waals surface area (Å²) in [6.07, 6.45) is 0. The van der Waals surface area contributed by atoms with Gasteiger partial charge in [0.1, 0.15) is 11.5 Å². The zero-order chi connectivity index (χ0) is 28.4. The van der Waals surface area contributed by atoms with Crippen LogP contribution in [0.4, 0.5) is 17.1 Å². The molecule has 208 valence electrons. The summed E-state index contributed by atoms with van der Waals surface area (Å²) in [7, 11) is -4.10. The lowest BCUT2D eigenvalue weighted by molar-refractivity contribution is -0.384. The first-order valence-corrected chi connectivity index (χ1v) is 15.2. The van der Waals surface area contributed by atoms with Gasteiger partial charge < -0.3 is 19.3 Å². The molecule has 0 heterocycles. The van der Waals surface area contributed by atoms with Crippen LogP contribution in [-0.2, 0) is 4.57 Å². The first-order valence-electron chi connectivity index (χ1n) is 12.5. The molecule has 4 aromatic carbocycles. The summed E-state index contributed by atoms with van der Waals surface area (Å²) in [5.74, 6) is 0.513. The Kier molecular flexibility index (Phi) is 10.3. The normalized spacial score (nSPS) is 11.8. The van der Waals surface area contributed by atoms with Crippen molar-refractivity contribution in [1.82, 2.24) is 0 Å². The lowest BCUT2D eigenvalue weighted by Gasteiger charge is -2.30. The summed E-state index contributed by atoms with van der Waals surface area (Å²) in [4.78, 5) is 13.0. The molecule has 4 aromatic rings. The number of anilines is 2. The second-order valence-corrected chi connectivity index (χ2v) is 11.4. The Morgan fingerprint density at radius 1 is 0.800 bits per heavy atom. The van der Waals surface area contributed by atoms with Crippen LogP contribution >= 0.6 is 30.8 Å². The van der Waals surface area contributed by atoms with E-state index in [0.717, 1.165) is 5.69 Å². The summed E-state index contributed by atoms with van der Waals surface area (Å²) in [6, 6.07) is 30.8. The number of nitro benzene ring substituents is 1. The van der Waals surface area contributed by atoms with E-state index in [1.165, 1.54) is 12.1 Å². The van der Waals surface area contributed by atoms with Crippen LogP contribution in [0.3, 0.4) is 0 Å². The molecule has 0 aliphatic carbocycles. The topological polar surface area (TPSA) is 93.9 Å². The van der Waals surface area contributed by atoms with Gasteiger partial charge in [0.05, 0.1) is 4.92 Å². The Morgan fingerprint density at radius 3 is 1.85 bits per heavy atom. The largest absolute Gasteiger partial charge is 0.457 e. The maximum absolute atomic E-state index is 14.8. The molecule has 40 heavy (non-hydrogen) atoms. The Labute approximate surface area is 243 Å². The third kappa shape index (κ3) is 7.69. The standard InChI is InChI=1S/C29H28Cl2N3O5P/c30-18-20-33(21-19-31)25-16-14-23(15-17-25)29(32-24-8-7-9-26(22-24)34(35)36)40(37,38-27-10-3-1-4-11-27)39-28-12-5-2-6-13-28/h1-17,22,29,32H,18-21H2. The molecule has 0 saturated heterocycles. The molecule has 1 unspecified atom stereocenters. The van der Waals surface area contributed by atoms with Gasteiger partial charge in [-0.2, -0.15) is 0 Å². The van der Waals surface area contributed by atoms with E-state index in [9.17, 15) is 14.7 Å². The van der Waals surface area contributed by atoms with Gasteiger partial charge in [0, 0.05) is 48.4 Å². The van der Waals surface area contributed by atoms with Crippen LogP contribution < -0.4 is 19.3 Å². The molecule has 8 nitrogen and oxygen atoms in total. The Morgan fingerprint density at radius 2 is 1.35 bits per heavy atom. The van der Waals surface area contributed by atoms with Crippen LogP contribution in [0.5, 0.6) is 11.5 Å². The third-order valence-corrected chi connectivity index (χ3v) is 8.24. The van der Waals surface area contributed by atoms with Crippen molar-refractivity contribution in [2.75, 3.05) is 35.1 Å². The van der Waals surface area contributed by atoms with Gasteiger partial charge >= 0.3 is 7.60 Å². The molecule has 0 amide bonds. The molecule has 11 heteroatoms. The van der Waals surface area contributed by atoms with Gasteiger partial charge in [-0.1, -0.05) is 54.6 Å². The number of rotatable bonds is 14. The number of halogens is 2. The third-order valence-electron chi connectivity index (χ3n) is 5.91. The Bertz CT molecular complexity index is 1380. The number of non-ortho nitro benzene ring substituents is 1. The highest BCUT2D eigenvalue weighted by atomic mass is 35.5. The van der Waals surface area contributed by atoms with Gasteiger partial charge in [-0.05, 0) is 48.0 Å². The van der Waals surface area contributed by atoms with E-state index in [0.29, 0.717) is 47.6 Å². The average molecular weight is 600 g/mol. The van der Waals surface area contributed by atoms with Crippen molar-refractivity contribution in [1.29, 1.82) is 0 Å². The van der Waals surface area contributed by atoms with Crippen molar-refractivity contribution in [2.24, 2.45) is 0 Å². The smallest absolute Gasteiger partial charge is 0.414 e.